The maximum absolute atomic E-state index is 11.2. The number of hydrogen-bond acceptors (Lipinski definition) is 3. The average molecular weight is 208 g/mol. The molecule has 0 saturated carbocycles. The zero-order chi connectivity index (χ0) is 11.1. The van der Waals surface area contributed by atoms with E-state index in [9.17, 15) is 4.79 Å². The maximum atomic E-state index is 11.2. The molecule has 1 rings (SSSR count). The highest BCUT2D eigenvalue weighted by Crippen LogP contribution is 1.97. The molecule has 0 saturated heterocycles. The molecule has 1 aromatic rings. The Kier molecular flexibility index (Phi) is 4.80. The van der Waals surface area contributed by atoms with Gasteiger partial charge in [0.05, 0.1) is 6.61 Å². The van der Waals surface area contributed by atoms with E-state index < -0.39 is 6.04 Å². The zero-order valence-corrected chi connectivity index (χ0v) is 8.52. The van der Waals surface area contributed by atoms with Gasteiger partial charge in [-0.1, -0.05) is 30.3 Å². The zero-order valence-electron chi connectivity index (χ0n) is 8.52. The molecule has 4 heteroatoms. The number of carbonyl (C=O) groups is 1. The number of nitrogens with one attached hydrogen (secondary N) is 1. The fourth-order valence-corrected chi connectivity index (χ4v) is 1.19. The number of nitrogens with two attached hydrogens (primary N) is 1. The summed E-state index contributed by atoms with van der Waals surface area (Å²) in [6.07, 6.45) is 0.769. The smallest absolute Gasteiger partial charge is 0.239 e. The minimum Gasteiger partial charge on any atom is -0.394 e. The van der Waals surface area contributed by atoms with Crippen LogP contribution < -0.4 is 11.1 Å². The number of carbonyl (C=O) groups excluding carboxylic acids is 1. The van der Waals surface area contributed by atoms with Gasteiger partial charge in [-0.15, -0.1) is 0 Å². The Labute approximate surface area is 89.1 Å². The normalized spacial score (nSPS) is 12.1. The summed E-state index contributed by atoms with van der Waals surface area (Å²) in [6, 6.07) is 9.04. The van der Waals surface area contributed by atoms with Crippen molar-refractivity contribution in [2.24, 2.45) is 5.73 Å². The third kappa shape index (κ3) is 4.10. The third-order valence-corrected chi connectivity index (χ3v) is 2.09. The quantitative estimate of drug-likeness (QED) is 0.620. The molecule has 82 valence electrons. The number of hydrogen-bond donors (Lipinski definition) is 3. The molecule has 0 bridgehead atoms. The molecular weight excluding hydrogens is 192 g/mol. The van der Waals surface area contributed by atoms with Crippen molar-refractivity contribution in [1.29, 1.82) is 0 Å². The summed E-state index contributed by atoms with van der Waals surface area (Å²) in [5, 5.41) is 11.3. The van der Waals surface area contributed by atoms with Gasteiger partial charge in [-0.25, -0.2) is 0 Å². The van der Waals surface area contributed by atoms with Crippen LogP contribution in [0.1, 0.15) is 5.56 Å². The minimum atomic E-state index is -0.819. The average Bonchev–Trinajstić information content (AvgIpc) is 2.29. The van der Waals surface area contributed by atoms with Crippen LogP contribution in [0.3, 0.4) is 0 Å². The Morgan fingerprint density at radius 1 is 1.40 bits per heavy atom. The predicted octanol–water partition coefficient (Wildman–Crippen LogP) is -0.335. The fraction of sp³-hybridized carbons (Fsp3) is 0.364. The number of aliphatic hydroxyl groups excluding tert-OH is 1. The molecular formula is C11H16N2O2. The standard InChI is InChI=1S/C11H16N2O2/c12-10(8-14)11(15)13-7-6-9-4-2-1-3-5-9/h1-5,10,14H,6-8,12H2,(H,13,15)/t10-/m0/s1. The molecule has 0 heterocycles. The van der Waals surface area contributed by atoms with Gasteiger partial charge in [0, 0.05) is 6.54 Å². The molecule has 0 unspecified atom stereocenters. The van der Waals surface area contributed by atoms with E-state index in [0.29, 0.717) is 6.54 Å². The lowest BCUT2D eigenvalue weighted by Gasteiger charge is -2.09. The van der Waals surface area contributed by atoms with Gasteiger partial charge in [-0.2, -0.15) is 0 Å². The number of benzene rings is 1. The van der Waals surface area contributed by atoms with Crippen molar-refractivity contribution in [3.05, 3.63) is 35.9 Å². The first kappa shape index (κ1) is 11.7. The van der Waals surface area contributed by atoms with E-state index in [1.807, 2.05) is 30.3 Å². The first-order chi connectivity index (χ1) is 7.24. The predicted molar refractivity (Wildman–Crippen MR) is 58.2 cm³/mol. The highest BCUT2D eigenvalue weighted by Gasteiger charge is 2.10. The summed E-state index contributed by atoms with van der Waals surface area (Å²) in [4.78, 5) is 11.2. The highest BCUT2D eigenvalue weighted by molar-refractivity contribution is 5.81. The Hall–Kier alpha value is -1.39. The van der Waals surface area contributed by atoms with E-state index >= 15 is 0 Å². The van der Waals surface area contributed by atoms with Gasteiger partial charge in [0.15, 0.2) is 0 Å². The summed E-state index contributed by atoms with van der Waals surface area (Å²) in [5.41, 5.74) is 6.50. The fourth-order valence-electron chi connectivity index (χ4n) is 1.19. The van der Waals surface area contributed by atoms with E-state index in [4.69, 9.17) is 10.8 Å². The van der Waals surface area contributed by atoms with E-state index in [-0.39, 0.29) is 12.5 Å². The van der Waals surface area contributed by atoms with Crippen LogP contribution in [0.25, 0.3) is 0 Å². The van der Waals surface area contributed by atoms with Crippen molar-refractivity contribution in [3.63, 3.8) is 0 Å². The molecule has 1 amide bonds. The van der Waals surface area contributed by atoms with Crippen LogP contribution >= 0.6 is 0 Å². The first-order valence-corrected chi connectivity index (χ1v) is 4.92. The third-order valence-electron chi connectivity index (χ3n) is 2.09. The molecule has 0 aliphatic carbocycles. The van der Waals surface area contributed by atoms with Crippen molar-refractivity contribution in [3.8, 4) is 0 Å². The van der Waals surface area contributed by atoms with Gasteiger partial charge in [0.25, 0.3) is 0 Å². The SMILES string of the molecule is N[C@@H](CO)C(=O)NCCc1ccccc1. The lowest BCUT2D eigenvalue weighted by atomic mass is 10.1. The second-order valence-corrected chi connectivity index (χ2v) is 3.32. The molecule has 4 nitrogen and oxygen atoms in total. The molecule has 0 aliphatic rings. The summed E-state index contributed by atoms with van der Waals surface area (Å²) in [7, 11) is 0. The van der Waals surface area contributed by atoms with Crippen LogP contribution in [0.2, 0.25) is 0 Å². The Balaban J connectivity index is 2.25. The van der Waals surface area contributed by atoms with Gasteiger partial charge >= 0.3 is 0 Å². The maximum Gasteiger partial charge on any atom is 0.239 e. The van der Waals surface area contributed by atoms with Crippen LogP contribution in [0.4, 0.5) is 0 Å². The molecule has 1 atom stereocenters. The summed E-state index contributed by atoms with van der Waals surface area (Å²) in [5.74, 6) is -0.312. The van der Waals surface area contributed by atoms with Crippen molar-refractivity contribution >= 4 is 5.91 Å². The van der Waals surface area contributed by atoms with E-state index in [0.717, 1.165) is 12.0 Å². The number of amides is 1. The van der Waals surface area contributed by atoms with Crippen LogP contribution in [0, 0.1) is 0 Å². The molecule has 0 spiro atoms. The lowest BCUT2D eigenvalue weighted by molar-refractivity contribution is -0.123. The summed E-state index contributed by atoms with van der Waals surface area (Å²) in [6.45, 7) is 0.216. The molecule has 0 fully saturated rings. The lowest BCUT2D eigenvalue weighted by Crippen LogP contribution is -2.43. The van der Waals surface area contributed by atoms with Gasteiger partial charge < -0.3 is 16.2 Å². The van der Waals surface area contributed by atoms with Crippen LogP contribution in [-0.4, -0.2) is 30.2 Å². The Morgan fingerprint density at radius 3 is 2.67 bits per heavy atom. The van der Waals surface area contributed by atoms with Gasteiger partial charge in [0.2, 0.25) is 5.91 Å². The summed E-state index contributed by atoms with van der Waals surface area (Å²) < 4.78 is 0. The minimum absolute atomic E-state index is 0.312. The van der Waals surface area contributed by atoms with Crippen molar-refractivity contribution in [1.82, 2.24) is 5.32 Å². The van der Waals surface area contributed by atoms with E-state index in [1.165, 1.54) is 0 Å². The first-order valence-electron chi connectivity index (χ1n) is 4.92. The second-order valence-electron chi connectivity index (χ2n) is 3.32. The van der Waals surface area contributed by atoms with Crippen LogP contribution in [0.15, 0.2) is 30.3 Å². The van der Waals surface area contributed by atoms with Crippen LogP contribution in [0.5, 0.6) is 0 Å². The second kappa shape index (κ2) is 6.16. The van der Waals surface area contributed by atoms with Gasteiger partial charge in [0.1, 0.15) is 6.04 Å². The summed E-state index contributed by atoms with van der Waals surface area (Å²) >= 11 is 0. The van der Waals surface area contributed by atoms with Crippen molar-refractivity contribution in [2.45, 2.75) is 12.5 Å². The number of rotatable bonds is 5. The molecule has 15 heavy (non-hydrogen) atoms. The Morgan fingerprint density at radius 2 is 2.07 bits per heavy atom. The molecule has 1 aromatic carbocycles. The van der Waals surface area contributed by atoms with Crippen molar-refractivity contribution < 1.29 is 9.90 Å². The molecule has 0 aliphatic heterocycles. The highest BCUT2D eigenvalue weighted by atomic mass is 16.3. The molecule has 4 N–H and O–H groups in total. The molecule has 0 radical (unpaired) electrons. The largest absolute Gasteiger partial charge is 0.394 e. The van der Waals surface area contributed by atoms with E-state index in [2.05, 4.69) is 5.32 Å². The topological polar surface area (TPSA) is 75.3 Å². The van der Waals surface area contributed by atoms with Crippen LogP contribution in [-0.2, 0) is 11.2 Å². The number of aliphatic hydroxyl groups is 1. The molecule has 0 aromatic heterocycles. The Bertz CT molecular complexity index is 301. The monoisotopic (exact) mass is 208 g/mol. The van der Waals surface area contributed by atoms with Gasteiger partial charge in [-0.3, -0.25) is 4.79 Å². The van der Waals surface area contributed by atoms with Gasteiger partial charge in [-0.05, 0) is 12.0 Å². The van der Waals surface area contributed by atoms with Crippen molar-refractivity contribution in [2.75, 3.05) is 13.2 Å². The van der Waals surface area contributed by atoms with E-state index in [1.54, 1.807) is 0 Å².